The maximum Gasteiger partial charge on any atom is 0.127 e. The van der Waals surface area contributed by atoms with Gasteiger partial charge >= 0.3 is 0 Å². The molecule has 100 valence electrons. The fourth-order valence-electron chi connectivity index (χ4n) is 1.92. The van der Waals surface area contributed by atoms with Gasteiger partial charge in [0.1, 0.15) is 11.6 Å². The summed E-state index contributed by atoms with van der Waals surface area (Å²) in [6.07, 6.45) is 0. The quantitative estimate of drug-likeness (QED) is 0.826. The van der Waals surface area contributed by atoms with Crippen LogP contribution in [0.5, 0.6) is 5.75 Å². The molecule has 0 spiro atoms. The normalized spacial score (nSPS) is 11.9. The van der Waals surface area contributed by atoms with Crippen molar-refractivity contribution in [2.75, 3.05) is 18.2 Å². The van der Waals surface area contributed by atoms with E-state index in [1.54, 1.807) is 13.2 Å². The van der Waals surface area contributed by atoms with Crippen molar-refractivity contribution < 1.29 is 9.13 Å². The molecule has 0 aliphatic carbocycles. The third-order valence-corrected chi connectivity index (χ3v) is 2.92. The van der Waals surface area contributed by atoms with Gasteiger partial charge in [0, 0.05) is 17.4 Å². The number of hydrogen-bond donors (Lipinski definition) is 2. The highest BCUT2D eigenvalue weighted by atomic mass is 19.1. The van der Waals surface area contributed by atoms with Crippen molar-refractivity contribution in [2.24, 2.45) is 0 Å². The van der Waals surface area contributed by atoms with E-state index >= 15 is 0 Å². The summed E-state index contributed by atoms with van der Waals surface area (Å²) in [7, 11) is 1.63. The van der Waals surface area contributed by atoms with Crippen LogP contribution in [0.3, 0.4) is 0 Å². The van der Waals surface area contributed by atoms with Gasteiger partial charge in [0.25, 0.3) is 0 Å². The Kier molecular flexibility index (Phi) is 3.90. The standard InChI is InChI=1S/C15H17FN2O/c1-10(11-3-5-15(19-2)6-4-11)18-14-8-12(16)7-13(17)9-14/h3-10,18H,17H2,1-2H3. The van der Waals surface area contributed by atoms with E-state index in [0.29, 0.717) is 11.4 Å². The van der Waals surface area contributed by atoms with E-state index in [-0.39, 0.29) is 11.9 Å². The van der Waals surface area contributed by atoms with Gasteiger partial charge in [-0.05, 0) is 42.8 Å². The third kappa shape index (κ3) is 3.37. The predicted molar refractivity (Wildman–Crippen MR) is 75.8 cm³/mol. The smallest absolute Gasteiger partial charge is 0.127 e. The molecule has 2 aromatic carbocycles. The zero-order valence-corrected chi connectivity index (χ0v) is 11.0. The zero-order valence-electron chi connectivity index (χ0n) is 11.0. The molecule has 4 heteroatoms. The summed E-state index contributed by atoms with van der Waals surface area (Å²) in [5, 5.41) is 3.22. The average molecular weight is 260 g/mol. The van der Waals surface area contributed by atoms with Crippen molar-refractivity contribution in [3.63, 3.8) is 0 Å². The van der Waals surface area contributed by atoms with Crippen LogP contribution in [0.2, 0.25) is 0 Å². The number of hydrogen-bond acceptors (Lipinski definition) is 3. The van der Waals surface area contributed by atoms with E-state index in [9.17, 15) is 4.39 Å². The molecule has 0 amide bonds. The fourth-order valence-corrected chi connectivity index (χ4v) is 1.92. The summed E-state index contributed by atoms with van der Waals surface area (Å²) in [6.45, 7) is 2.00. The number of nitrogen functional groups attached to an aromatic ring is 1. The van der Waals surface area contributed by atoms with Crippen LogP contribution in [-0.4, -0.2) is 7.11 Å². The van der Waals surface area contributed by atoms with Crippen LogP contribution in [0.1, 0.15) is 18.5 Å². The van der Waals surface area contributed by atoms with Gasteiger partial charge in [-0.25, -0.2) is 4.39 Å². The van der Waals surface area contributed by atoms with E-state index in [0.717, 1.165) is 11.3 Å². The van der Waals surface area contributed by atoms with Crippen molar-refractivity contribution in [3.8, 4) is 5.75 Å². The largest absolute Gasteiger partial charge is 0.497 e. The number of halogens is 1. The van der Waals surface area contributed by atoms with Gasteiger partial charge in [0.2, 0.25) is 0 Å². The van der Waals surface area contributed by atoms with E-state index in [2.05, 4.69) is 5.32 Å². The minimum atomic E-state index is -0.343. The van der Waals surface area contributed by atoms with Gasteiger partial charge in [-0.15, -0.1) is 0 Å². The highest BCUT2D eigenvalue weighted by molar-refractivity contribution is 5.55. The maximum absolute atomic E-state index is 13.2. The van der Waals surface area contributed by atoms with Crippen LogP contribution < -0.4 is 15.8 Å². The molecule has 3 nitrogen and oxygen atoms in total. The number of methoxy groups -OCH3 is 1. The minimum Gasteiger partial charge on any atom is -0.497 e. The Hall–Kier alpha value is -2.23. The summed E-state index contributed by atoms with van der Waals surface area (Å²) >= 11 is 0. The molecule has 0 heterocycles. The van der Waals surface area contributed by atoms with E-state index in [1.165, 1.54) is 12.1 Å². The Morgan fingerprint density at radius 2 is 1.84 bits per heavy atom. The summed E-state index contributed by atoms with van der Waals surface area (Å²) in [4.78, 5) is 0. The molecule has 19 heavy (non-hydrogen) atoms. The van der Waals surface area contributed by atoms with Crippen molar-refractivity contribution in [2.45, 2.75) is 13.0 Å². The average Bonchev–Trinajstić information content (AvgIpc) is 2.37. The molecule has 0 aliphatic heterocycles. The molecule has 0 bridgehead atoms. The van der Waals surface area contributed by atoms with E-state index in [4.69, 9.17) is 10.5 Å². The lowest BCUT2D eigenvalue weighted by Crippen LogP contribution is -2.07. The molecular weight excluding hydrogens is 243 g/mol. The Balaban J connectivity index is 2.13. The minimum absolute atomic E-state index is 0.0482. The first-order chi connectivity index (χ1) is 9.08. The molecule has 0 aromatic heterocycles. The van der Waals surface area contributed by atoms with Crippen molar-refractivity contribution in [1.29, 1.82) is 0 Å². The molecule has 0 fully saturated rings. The van der Waals surface area contributed by atoms with Crippen molar-refractivity contribution in [3.05, 3.63) is 53.8 Å². The van der Waals surface area contributed by atoms with Gasteiger partial charge in [-0.1, -0.05) is 12.1 Å². The molecule has 0 radical (unpaired) electrons. The monoisotopic (exact) mass is 260 g/mol. The van der Waals surface area contributed by atoms with Crippen LogP contribution in [0.25, 0.3) is 0 Å². The van der Waals surface area contributed by atoms with Gasteiger partial charge in [0.15, 0.2) is 0 Å². The van der Waals surface area contributed by atoms with Gasteiger partial charge < -0.3 is 15.8 Å². The Morgan fingerprint density at radius 1 is 1.16 bits per heavy atom. The first-order valence-corrected chi connectivity index (χ1v) is 6.05. The van der Waals surface area contributed by atoms with Crippen LogP contribution in [0.4, 0.5) is 15.8 Å². The summed E-state index contributed by atoms with van der Waals surface area (Å²) in [6, 6.07) is 12.2. The SMILES string of the molecule is COc1ccc(C(C)Nc2cc(N)cc(F)c2)cc1. The molecular formula is C15H17FN2O. The second kappa shape index (κ2) is 5.61. The lowest BCUT2D eigenvalue weighted by molar-refractivity contribution is 0.414. The first kappa shape index (κ1) is 13.2. The topological polar surface area (TPSA) is 47.3 Å². The Labute approximate surface area is 112 Å². The number of ether oxygens (including phenoxy) is 1. The highest BCUT2D eigenvalue weighted by Crippen LogP contribution is 2.23. The zero-order chi connectivity index (χ0) is 13.8. The third-order valence-electron chi connectivity index (χ3n) is 2.92. The van der Waals surface area contributed by atoms with Crippen LogP contribution >= 0.6 is 0 Å². The molecule has 1 unspecified atom stereocenters. The first-order valence-electron chi connectivity index (χ1n) is 6.05. The molecule has 0 aliphatic rings. The number of nitrogens with one attached hydrogen (secondary N) is 1. The maximum atomic E-state index is 13.2. The molecule has 1 atom stereocenters. The van der Waals surface area contributed by atoms with Crippen molar-refractivity contribution in [1.82, 2.24) is 0 Å². The fraction of sp³-hybridized carbons (Fsp3) is 0.200. The van der Waals surface area contributed by atoms with Crippen LogP contribution in [-0.2, 0) is 0 Å². The van der Waals surface area contributed by atoms with E-state index in [1.807, 2.05) is 31.2 Å². The van der Waals surface area contributed by atoms with Crippen molar-refractivity contribution >= 4 is 11.4 Å². The van der Waals surface area contributed by atoms with E-state index < -0.39 is 0 Å². The Bertz CT molecular complexity index is 534. The number of anilines is 2. The summed E-state index contributed by atoms with van der Waals surface area (Å²) in [5.41, 5.74) is 7.78. The second-order valence-corrected chi connectivity index (χ2v) is 4.41. The van der Waals surface area contributed by atoms with Gasteiger partial charge in [0.05, 0.1) is 7.11 Å². The summed E-state index contributed by atoms with van der Waals surface area (Å²) in [5.74, 6) is 0.468. The molecule has 0 saturated heterocycles. The van der Waals surface area contributed by atoms with Gasteiger partial charge in [-0.2, -0.15) is 0 Å². The molecule has 2 aromatic rings. The second-order valence-electron chi connectivity index (χ2n) is 4.41. The van der Waals surface area contributed by atoms with Crippen LogP contribution in [0.15, 0.2) is 42.5 Å². The van der Waals surface area contributed by atoms with Gasteiger partial charge in [-0.3, -0.25) is 0 Å². The van der Waals surface area contributed by atoms with Crippen LogP contribution in [0, 0.1) is 5.82 Å². The molecule has 0 saturated carbocycles. The molecule has 3 N–H and O–H groups in total. The highest BCUT2D eigenvalue weighted by Gasteiger charge is 2.06. The summed E-state index contributed by atoms with van der Waals surface area (Å²) < 4.78 is 18.4. The number of nitrogens with two attached hydrogens (primary N) is 1. The predicted octanol–water partition coefficient (Wildman–Crippen LogP) is 3.59. The lowest BCUT2D eigenvalue weighted by atomic mass is 10.1. The Morgan fingerprint density at radius 3 is 2.42 bits per heavy atom. The number of rotatable bonds is 4. The lowest BCUT2D eigenvalue weighted by Gasteiger charge is -2.16. The molecule has 2 rings (SSSR count). The number of benzene rings is 2.